The molecule has 0 spiro atoms. The van der Waals surface area contributed by atoms with Gasteiger partial charge in [-0.05, 0) is 38.0 Å². The molecule has 4 rings (SSSR count). The molecule has 25 heavy (non-hydrogen) atoms. The van der Waals surface area contributed by atoms with Gasteiger partial charge in [0, 0.05) is 38.4 Å². The van der Waals surface area contributed by atoms with Gasteiger partial charge >= 0.3 is 0 Å². The quantitative estimate of drug-likeness (QED) is 0.825. The van der Waals surface area contributed by atoms with Gasteiger partial charge in [-0.25, -0.2) is 0 Å². The second-order valence-electron chi connectivity index (χ2n) is 8.08. The smallest absolute Gasteiger partial charge is 0.227 e. The zero-order valence-electron chi connectivity index (χ0n) is 15.2. The van der Waals surface area contributed by atoms with Crippen molar-refractivity contribution in [2.75, 3.05) is 32.1 Å². The Kier molecular flexibility index (Phi) is 5.08. The molecule has 1 aromatic rings. The molecule has 1 saturated heterocycles. The first-order valence-electron chi connectivity index (χ1n) is 9.81. The molecular formula is C19H30N4O2. The largest absolute Gasteiger partial charge is 0.383 e. The summed E-state index contributed by atoms with van der Waals surface area (Å²) in [5, 5.41) is 7.52. The summed E-state index contributed by atoms with van der Waals surface area (Å²) in [7, 11) is 1.79. The Morgan fingerprint density at radius 1 is 1.32 bits per heavy atom. The van der Waals surface area contributed by atoms with Crippen molar-refractivity contribution in [2.24, 2.45) is 11.8 Å². The third kappa shape index (κ3) is 4.06. The number of ether oxygens (including phenoxy) is 1. The lowest BCUT2D eigenvalue weighted by Crippen LogP contribution is -2.36. The number of methoxy groups -OCH3 is 1. The van der Waals surface area contributed by atoms with E-state index in [1.54, 1.807) is 13.3 Å². The summed E-state index contributed by atoms with van der Waals surface area (Å²) >= 11 is 0. The van der Waals surface area contributed by atoms with E-state index >= 15 is 0 Å². The summed E-state index contributed by atoms with van der Waals surface area (Å²) in [6.45, 7) is 3.01. The minimum Gasteiger partial charge on any atom is -0.383 e. The van der Waals surface area contributed by atoms with Crippen molar-refractivity contribution < 1.29 is 9.53 Å². The number of anilines is 1. The lowest BCUT2D eigenvalue weighted by molar-refractivity contribution is -0.117. The Morgan fingerprint density at radius 2 is 2.12 bits per heavy atom. The molecular weight excluding hydrogens is 316 g/mol. The Balaban J connectivity index is 1.38. The van der Waals surface area contributed by atoms with Gasteiger partial charge in [0.2, 0.25) is 5.91 Å². The maximum Gasteiger partial charge on any atom is 0.227 e. The highest BCUT2D eigenvalue weighted by molar-refractivity contribution is 5.93. The van der Waals surface area contributed by atoms with Gasteiger partial charge in [-0.3, -0.25) is 14.4 Å². The highest BCUT2D eigenvalue weighted by Gasteiger charge is 2.35. The van der Waals surface area contributed by atoms with Crippen LogP contribution in [0.3, 0.4) is 0 Å². The monoisotopic (exact) mass is 346 g/mol. The minimum absolute atomic E-state index is 0.145. The first-order valence-corrected chi connectivity index (χ1v) is 9.81. The number of nitrogens with one attached hydrogen (secondary N) is 1. The van der Waals surface area contributed by atoms with Gasteiger partial charge in [0.1, 0.15) is 0 Å². The van der Waals surface area contributed by atoms with Crippen molar-refractivity contribution in [1.82, 2.24) is 14.7 Å². The minimum atomic E-state index is 0.145. The second-order valence-corrected chi connectivity index (χ2v) is 8.08. The molecule has 1 aromatic heterocycles. The molecule has 6 heteroatoms. The molecule has 6 nitrogen and oxygen atoms in total. The molecule has 0 radical (unpaired) electrons. The number of rotatable bonds is 7. The summed E-state index contributed by atoms with van der Waals surface area (Å²) in [4.78, 5) is 14.5. The normalized spacial score (nSPS) is 27.9. The average Bonchev–Trinajstić information content (AvgIpc) is 2.96. The van der Waals surface area contributed by atoms with Gasteiger partial charge in [0.05, 0.1) is 24.5 Å². The number of carbonyl (C=O) groups is 1. The average molecular weight is 346 g/mol. The molecule has 1 N–H and O–H groups in total. The molecule has 0 unspecified atom stereocenters. The third-order valence-electron chi connectivity index (χ3n) is 6.02. The van der Waals surface area contributed by atoms with Crippen LogP contribution in [0, 0.1) is 11.8 Å². The van der Waals surface area contributed by atoms with Crippen molar-refractivity contribution in [3.8, 4) is 0 Å². The molecule has 3 aliphatic rings. The molecule has 2 heterocycles. The fourth-order valence-electron chi connectivity index (χ4n) is 4.46. The first kappa shape index (κ1) is 17.0. The van der Waals surface area contributed by atoms with Crippen LogP contribution in [0.5, 0.6) is 0 Å². The Bertz CT molecular complexity index is 592. The van der Waals surface area contributed by atoms with Crippen LogP contribution in [0.1, 0.15) is 51.0 Å². The van der Waals surface area contributed by atoms with Crippen molar-refractivity contribution in [1.29, 1.82) is 0 Å². The Labute approximate surface area is 149 Å². The number of aromatic nitrogens is 2. The summed E-state index contributed by atoms with van der Waals surface area (Å²) < 4.78 is 7.51. The highest BCUT2D eigenvalue weighted by Crippen LogP contribution is 2.33. The fraction of sp³-hybridized carbons (Fsp3) is 0.789. The van der Waals surface area contributed by atoms with E-state index in [1.165, 1.54) is 32.2 Å². The van der Waals surface area contributed by atoms with E-state index in [0.29, 0.717) is 12.1 Å². The van der Waals surface area contributed by atoms with E-state index in [1.807, 2.05) is 10.9 Å². The van der Waals surface area contributed by atoms with Gasteiger partial charge in [-0.2, -0.15) is 5.10 Å². The van der Waals surface area contributed by atoms with E-state index in [2.05, 4.69) is 15.3 Å². The Hall–Kier alpha value is -1.40. The molecule has 0 aromatic carbocycles. The summed E-state index contributed by atoms with van der Waals surface area (Å²) in [5.41, 5.74) is 0.828. The predicted molar refractivity (Wildman–Crippen MR) is 96.4 cm³/mol. The third-order valence-corrected chi connectivity index (χ3v) is 6.02. The molecule has 1 aliphatic heterocycles. The van der Waals surface area contributed by atoms with Crippen LogP contribution in [0.25, 0.3) is 0 Å². The Morgan fingerprint density at radius 3 is 2.84 bits per heavy atom. The number of nitrogens with zero attached hydrogens (tertiary/aromatic N) is 3. The van der Waals surface area contributed by atoms with Crippen LogP contribution in [-0.4, -0.2) is 53.4 Å². The maximum atomic E-state index is 11.9. The lowest BCUT2D eigenvalue weighted by atomic mass is 10.1. The number of carbonyl (C=O) groups excluding carboxylic acids is 1. The number of hydrogen-bond donors (Lipinski definition) is 1. The van der Waals surface area contributed by atoms with Gasteiger partial charge in [-0.15, -0.1) is 0 Å². The van der Waals surface area contributed by atoms with Crippen LogP contribution in [0.15, 0.2) is 12.4 Å². The predicted octanol–water partition coefficient (Wildman–Crippen LogP) is 2.68. The highest BCUT2D eigenvalue weighted by atomic mass is 16.5. The van der Waals surface area contributed by atoms with Crippen molar-refractivity contribution >= 4 is 11.6 Å². The fourth-order valence-corrected chi connectivity index (χ4v) is 4.46. The van der Waals surface area contributed by atoms with Crippen LogP contribution >= 0.6 is 0 Å². The van der Waals surface area contributed by atoms with Gasteiger partial charge in [-0.1, -0.05) is 12.8 Å². The van der Waals surface area contributed by atoms with Crippen LogP contribution in [0.2, 0.25) is 0 Å². The standard InChI is InChI=1S/C19H30N4O2/c1-25-13-18-8-17(12-22(18)10-14-4-2-3-5-14)23-11-16(9-20-23)21-19(24)15-6-7-15/h9,11,14-15,17-18H,2-8,10,12-13H2,1H3,(H,21,24)/t17-,18-/m0/s1. The van der Waals surface area contributed by atoms with Crippen LogP contribution < -0.4 is 5.32 Å². The lowest BCUT2D eigenvalue weighted by Gasteiger charge is -2.26. The SMILES string of the molecule is COC[C@@H]1C[C@H](n2cc(NC(=O)C3CC3)cn2)CN1CC1CCCC1. The second kappa shape index (κ2) is 7.46. The van der Waals surface area contributed by atoms with E-state index < -0.39 is 0 Å². The van der Waals surface area contributed by atoms with Crippen LogP contribution in [0.4, 0.5) is 5.69 Å². The van der Waals surface area contributed by atoms with E-state index in [-0.39, 0.29) is 11.8 Å². The molecule has 2 aliphatic carbocycles. The van der Waals surface area contributed by atoms with E-state index in [0.717, 1.165) is 44.0 Å². The molecule has 2 atom stereocenters. The number of hydrogen-bond acceptors (Lipinski definition) is 4. The van der Waals surface area contributed by atoms with Gasteiger partial charge in [0.25, 0.3) is 0 Å². The van der Waals surface area contributed by atoms with E-state index in [9.17, 15) is 4.79 Å². The van der Waals surface area contributed by atoms with Gasteiger partial charge < -0.3 is 10.1 Å². The molecule has 138 valence electrons. The maximum absolute atomic E-state index is 11.9. The summed E-state index contributed by atoms with van der Waals surface area (Å²) in [5.74, 6) is 1.22. The topological polar surface area (TPSA) is 59.4 Å². The van der Waals surface area contributed by atoms with Gasteiger partial charge in [0.15, 0.2) is 0 Å². The molecule has 1 amide bonds. The summed E-state index contributed by atoms with van der Waals surface area (Å²) in [6.07, 6.45) is 12.4. The van der Waals surface area contributed by atoms with Crippen molar-refractivity contribution in [3.63, 3.8) is 0 Å². The van der Waals surface area contributed by atoms with Crippen molar-refractivity contribution in [3.05, 3.63) is 12.4 Å². The molecule has 2 saturated carbocycles. The zero-order valence-corrected chi connectivity index (χ0v) is 15.2. The van der Waals surface area contributed by atoms with Crippen LogP contribution in [-0.2, 0) is 9.53 Å². The summed E-state index contributed by atoms with van der Waals surface area (Å²) in [6, 6.07) is 0.845. The van der Waals surface area contributed by atoms with E-state index in [4.69, 9.17) is 4.74 Å². The molecule has 3 fully saturated rings. The number of amides is 1. The first-order chi connectivity index (χ1) is 12.2. The van der Waals surface area contributed by atoms with Crippen molar-refractivity contribution in [2.45, 2.75) is 57.0 Å². The molecule has 0 bridgehead atoms. The number of likely N-dealkylation sites (tertiary alicyclic amines) is 1. The zero-order chi connectivity index (χ0) is 17.2.